The SMILES string of the molecule is CCN(CC)Cc1ccccc1CNC(=O)c1cccc(NC(=O)CSc2nncn2C)c1. The molecule has 0 aliphatic carbocycles. The topological polar surface area (TPSA) is 92.2 Å². The molecule has 9 heteroatoms. The van der Waals surface area contributed by atoms with E-state index in [4.69, 9.17) is 0 Å². The number of carbonyl (C=O) groups excluding carboxylic acids is 2. The Balaban J connectivity index is 1.56. The maximum Gasteiger partial charge on any atom is 0.251 e. The van der Waals surface area contributed by atoms with Gasteiger partial charge < -0.3 is 15.2 Å². The number of hydrogen-bond acceptors (Lipinski definition) is 6. The fraction of sp³-hybridized carbons (Fsp3) is 0.333. The lowest BCUT2D eigenvalue weighted by Crippen LogP contribution is -2.26. The molecule has 0 unspecified atom stereocenters. The van der Waals surface area contributed by atoms with Gasteiger partial charge in [0.2, 0.25) is 5.91 Å². The number of thioether (sulfide) groups is 1. The van der Waals surface area contributed by atoms with E-state index in [0.29, 0.717) is 23.0 Å². The number of amides is 2. The Morgan fingerprint density at radius 2 is 1.82 bits per heavy atom. The number of nitrogens with zero attached hydrogens (tertiary/aromatic N) is 4. The molecule has 0 spiro atoms. The molecule has 0 aliphatic rings. The predicted molar refractivity (Wildman–Crippen MR) is 131 cm³/mol. The van der Waals surface area contributed by atoms with E-state index in [1.54, 1.807) is 35.2 Å². The van der Waals surface area contributed by atoms with Gasteiger partial charge in [0.15, 0.2) is 5.16 Å². The minimum absolute atomic E-state index is 0.175. The second-order valence-corrected chi connectivity index (χ2v) is 8.50. The molecular formula is C24H30N6O2S. The van der Waals surface area contributed by atoms with Gasteiger partial charge in [-0.3, -0.25) is 14.5 Å². The van der Waals surface area contributed by atoms with E-state index in [-0.39, 0.29) is 17.6 Å². The highest BCUT2D eigenvalue weighted by Crippen LogP contribution is 2.16. The van der Waals surface area contributed by atoms with Crippen LogP contribution in [-0.2, 0) is 24.9 Å². The maximum atomic E-state index is 12.8. The van der Waals surface area contributed by atoms with Gasteiger partial charge in [0.25, 0.3) is 5.91 Å². The standard InChI is InChI=1S/C24H30N6O2S/c1-4-30(5-2)15-20-10-7-6-9-19(20)14-25-23(32)18-11-8-12-21(13-18)27-22(31)16-33-24-28-26-17-29(24)3/h6-13,17H,4-5,14-16H2,1-3H3,(H,25,32)(H,27,31). The van der Waals surface area contributed by atoms with Crippen LogP contribution in [0.25, 0.3) is 0 Å². The Morgan fingerprint density at radius 1 is 1.06 bits per heavy atom. The molecule has 0 saturated heterocycles. The molecule has 0 bridgehead atoms. The van der Waals surface area contributed by atoms with Crippen molar-refractivity contribution in [3.05, 3.63) is 71.5 Å². The molecular weight excluding hydrogens is 436 g/mol. The molecule has 0 aliphatic heterocycles. The average molecular weight is 467 g/mol. The Labute approximate surface area is 198 Å². The number of aryl methyl sites for hydroxylation is 1. The van der Waals surface area contributed by atoms with Gasteiger partial charge in [0.1, 0.15) is 6.33 Å². The molecule has 0 saturated carbocycles. The van der Waals surface area contributed by atoms with E-state index in [1.807, 2.05) is 25.2 Å². The number of carbonyl (C=O) groups is 2. The number of nitrogens with one attached hydrogen (secondary N) is 2. The number of benzene rings is 2. The van der Waals surface area contributed by atoms with Crippen molar-refractivity contribution in [2.75, 3.05) is 24.2 Å². The molecule has 2 aromatic carbocycles. The molecule has 1 heterocycles. The summed E-state index contributed by atoms with van der Waals surface area (Å²) in [5.74, 6) is -0.158. The zero-order chi connectivity index (χ0) is 23.6. The summed E-state index contributed by atoms with van der Waals surface area (Å²) in [6.45, 7) is 7.55. The molecule has 174 valence electrons. The first-order valence-electron chi connectivity index (χ1n) is 10.9. The molecule has 1 aromatic heterocycles. The Bertz CT molecular complexity index is 1080. The van der Waals surface area contributed by atoms with Gasteiger partial charge in [-0.2, -0.15) is 0 Å². The van der Waals surface area contributed by atoms with Gasteiger partial charge in [-0.15, -0.1) is 10.2 Å². The third-order valence-corrected chi connectivity index (χ3v) is 6.29. The number of aromatic nitrogens is 3. The van der Waals surface area contributed by atoms with Crippen LogP contribution in [0.5, 0.6) is 0 Å². The lowest BCUT2D eigenvalue weighted by atomic mass is 10.1. The van der Waals surface area contributed by atoms with Crippen molar-refractivity contribution in [3.63, 3.8) is 0 Å². The van der Waals surface area contributed by atoms with Crippen molar-refractivity contribution in [3.8, 4) is 0 Å². The minimum Gasteiger partial charge on any atom is -0.348 e. The van der Waals surface area contributed by atoms with Crippen LogP contribution in [0.3, 0.4) is 0 Å². The fourth-order valence-electron chi connectivity index (χ4n) is 3.32. The molecule has 8 nitrogen and oxygen atoms in total. The van der Waals surface area contributed by atoms with Gasteiger partial charge in [-0.1, -0.05) is 55.9 Å². The van der Waals surface area contributed by atoms with E-state index in [0.717, 1.165) is 25.2 Å². The summed E-state index contributed by atoms with van der Waals surface area (Å²) in [5.41, 5.74) is 3.38. The van der Waals surface area contributed by atoms with Crippen molar-refractivity contribution in [1.82, 2.24) is 25.0 Å². The molecule has 2 amide bonds. The summed E-state index contributed by atoms with van der Waals surface area (Å²) in [7, 11) is 1.82. The van der Waals surface area contributed by atoms with Crippen LogP contribution in [0.15, 0.2) is 60.0 Å². The van der Waals surface area contributed by atoms with Crippen molar-refractivity contribution < 1.29 is 9.59 Å². The first-order valence-corrected chi connectivity index (χ1v) is 11.9. The minimum atomic E-state index is -0.183. The van der Waals surface area contributed by atoms with Crippen molar-refractivity contribution >= 4 is 29.3 Å². The largest absolute Gasteiger partial charge is 0.348 e. The summed E-state index contributed by atoms with van der Waals surface area (Å²) >= 11 is 1.30. The Morgan fingerprint density at radius 3 is 2.52 bits per heavy atom. The maximum absolute atomic E-state index is 12.8. The van der Waals surface area contributed by atoms with Gasteiger partial charge in [0, 0.05) is 31.4 Å². The van der Waals surface area contributed by atoms with Gasteiger partial charge in [0.05, 0.1) is 5.75 Å². The Hall–Kier alpha value is -3.17. The van der Waals surface area contributed by atoms with Gasteiger partial charge in [-0.25, -0.2) is 0 Å². The highest BCUT2D eigenvalue weighted by atomic mass is 32.2. The van der Waals surface area contributed by atoms with Crippen LogP contribution in [0.2, 0.25) is 0 Å². The van der Waals surface area contributed by atoms with E-state index in [2.05, 4.69) is 45.6 Å². The highest BCUT2D eigenvalue weighted by molar-refractivity contribution is 7.99. The second-order valence-electron chi connectivity index (χ2n) is 7.55. The summed E-state index contributed by atoms with van der Waals surface area (Å²) in [6, 6.07) is 15.1. The lowest BCUT2D eigenvalue weighted by Gasteiger charge is -2.20. The number of hydrogen-bond donors (Lipinski definition) is 2. The lowest BCUT2D eigenvalue weighted by molar-refractivity contribution is -0.113. The first-order chi connectivity index (χ1) is 16.0. The zero-order valence-electron chi connectivity index (χ0n) is 19.2. The molecule has 0 atom stereocenters. The van der Waals surface area contributed by atoms with Crippen molar-refractivity contribution in [2.24, 2.45) is 7.05 Å². The predicted octanol–water partition coefficient (Wildman–Crippen LogP) is 3.32. The summed E-state index contributed by atoms with van der Waals surface area (Å²) in [6.07, 6.45) is 1.59. The fourth-order valence-corrected chi connectivity index (χ4v) is 4.01. The van der Waals surface area contributed by atoms with Gasteiger partial charge in [-0.05, 0) is 42.4 Å². The van der Waals surface area contributed by atoms with Crippen LogP contribution in [0, 0.1) is 0 Å². The van der Waals surface area contributed by atoms with Crippen LogP contribution in [-0.4, -0.2) is 50.3 Å². The monoisotopic (exact) mass is 466 g/mol. The van der Waals surface area contributed by atoms with Crippen molar-refractivity contribution in [2.45, 2.75) is 32.1 Å². The molecule has 3 rings (SSSR count). The zero-order valence-corrected chi connectivity index (χ0v) is 20.1. The van der Waals surface area contributed by atoms with E-state index in [1.165, 1.54) is 17.3 Å². The molecule has 2 N–H and O–H groups in total. The third-order valence-electron chi connectivity index (χ3n) is 5.26. The normalized spacial score (nSPS) is 10.9. The molecule has 0 radical (unpaired) electrons. The highest BCUT2D eigenvalue weighted by Gasteiger charge is 2.11. The first kappa shape index (κ1) is 24.5. The smallest absolute Gasteiger partial charge is 0.251 e. The number of anilines is 1. The van der Waals surface area contributed by atoms with Crippen LogP contribution < -0.4 is 10.6 Å². The summed E-state index contributed by atoms with van der Waals surface area (Å²) < 4.78 is 1.75. The second kappa shape index (κ2) is 12.2. The Kier molecular flexibility index (Phi) is 9.03. The van der Waals surface area contributed by atoms with E-state index >= 15 is 0 Å². The quantitative estimate of drug-likeness (QED) is 0.421. The summed E-state index contributed by atoms with van der Waals surface area (Å²) in [4.78, 5) is 27.4. The molecule has 3 aromatic rings. The van der Waals surface area contributed by atoms with Crippen LogP contribution in [0.1, 0.15) is 35.3 Å². The van der Waals surface area contributed by atoms with Gasteiger partial charge >= 0.3 is 0 Å². The van der Waals surface area contributed by atoms with Crippen molar-refractivity contribution in [1.29, 1.82) is 0 Å². The van der Waals surface area contributed by atoms with E-state index < -0.39 is 0 Å². The van der Waals surface area contributed by atoms with Crippen LogP contribution in [0.4, 0.5) is 5.69 Å². The molecule has 33 heavy (non-hydrogen) atoms. The van der Waals surface area contributed by atoms with Crippen LogP contribution >= 0.6 is 11.8 Å². The number of rotatable bonds is 11. The van der Waals surface area contributed by atoms with E-state index in [9.17, 15) is 9.59 Å². The third kappa shape index (κ3) is 7.16. The summed E-state index contributed by atoms with van der Waals surface area (Å²) in [5, 5.41) is 14.2. The molecule has 0 fully saturated rings. The average Bonchev–Trinajstić information content (AvgIpc) is 3.25.